The maximum atomic E-state index is 12.7. The Kier molecular flexibility index (Phi) is 4.48. The Balaban J connectivity index is 1.46. The molecule has 0 saturated carbocycles. The van der Waals surface area contributed by atoms with Crippen molar-refractivity contribution in [3.8, 4) is 0 Å². The summed E-state index contributed by atoms with van der Waals surface area (Å²) in [5, 5.41) is 7.09. The van der Waals surface area contributed by atoms with E-state index in [0.29, 0.717) is 12.8 Å². The average molecular weight is 348 g/mol. The van der Waals surface area contributed by atoms with Gasteiger partial charge in [0, 0.05) is 24.7 Å². The highest BCUT2D eigenvalue weighted by molar-refractivity contribution is 6.04. The molecule has 0 saturated heterocycles. The summed E-state index contributed by atoms with van der Waals surface area (Å²) in [5.41, 5.74) is 7.14. The van der Waals surface area contributed by atoms with Gasteiger partial charge in [0.2, 0.25) is 11.8 Å². The van der Waals surface area contributed by atoms with Gasteiger partial charge in [0.15, 0.2) is 0 Å². The normalized spacial score (nSPS) is 19.2. The Bertz CT molecular complexity index is 874. The van der Waals surface area contributed by atoms with Crippen molar-refractivity contribution in [3.63, 3.8) is 0 Å². The molecule has 132 valence electrons. The van der Waals surface area contributed by atoms with Crippen molar-refractivity contribution < 1.29 is 9.59 Å². The first-order chi connectivity index (χ1) is 12.7. The maximum absolute atomic E-state index is 12.7. The van der Waals surface area contributed by atoms with E-state index in [1.165, 1.54) is 5.56 Å². The topological polar surface area (TPSA) is 83.5 Å². The lowest BCUT2D eigenvalue weighted by Crippen LogP contribution is -2.26. The number of fused-ring (bicyclic) bond motifs is 1. The number of hydrazone groups is 1. The number of carbonyl (C=O) groups is 2. The van der Waals surface area contributed by atoms with Crippen LogP contribution in [0.15, 0.2) is 47.7 Å². The number of carbonyl (C=O) groups excluding carboxylic acids is 2. The van der Waals surface area contributed by atoms with E-state index in [1.807, 2.05) is 30.3 Å². The molecule has 1 atom stereocenters. The van der Waals surface area contributed by atoms with Gasteiger partial charge in [-0.25, -0.2) is 5.43 Å². The molecule has 1 aliphatic heterocycles. The Hall–Kier alpha value is -3.02. The molecule has 2 amide bonds. The molecule has 0 fully saturated rings. The number of hydrogen-bond acceptors (Lipinski definition) is 4. The number of anilines is 1. The molecule has 26 heavy (non-hydrogen) atoms. The van der Waals surface area contributed by atoms with Crippen LogP contribution in [0.4, 0.5) is 5.69 Å². The number of hydrogen-bond donors (Lipinski definition) is 2. The SMILES string of the molecule is O=C1CCC(c2ccc(NC(=O)[C@H]3CCCc4cccnc43)cc2)=NN1. The number of pyridine rings is 1. The van der Waals surface area contributed by atoms with Gasteiger partial charge in [-0.2, -0.15) is 5.10 Å². The Morgan fingerprint density at radius 1 is 1.12 bits per heavy atom. The van der Waals surface area contributed by atoms with Crippen molar-refractivity contribution in [2.75, 3.05) is 5.32 Å². The van der Waals surface area contributed by atoms with Gasteiger partial charge in [-0.05, 0) is 48.6 Å². The van der Waals surface area contributed by atoms with Crippen LogP contribution in [0.25, 0.3) is 0 Å². The third kappa shape index (κ3) is 3.35. The highest BCUT2D eigenvalue weighted by Gasteiger charge is 2.27. The first kappa shape index (κ1) is 16.4. The minimum absolute atomic E-state index is 0.0142. The summed E-state index contributed by atoms with van der Waals surface area (Å²) in [5.74, 6) is -0.267. The van der Waals surface area contributed by atoms with Crippen LogP contribution in [-0.2, 0) is 16.0 Å². The van der Waals surface area contributed by atoms with Crippen LogP contribution in [0.2, 0.25) is 0 Å². The number of benzene rings is 1. The minimum atomic E-state index is -0.197. The van der Waals surface area contributed by atoms with Crippen molar-refractivity contribution in [3.05, 3.63) is 59.4 Å². The van der Waals surface area contributed by atoms with E-state index >= 15 is 0 Å². The molecule has 4 rings (SSSR count). The highest BCUT2D eigenvalue weighted by Crippen LogP contribution is 2.30. The van der Waals surface area contributed by atoms with Gasteiger partial charge >= 0.3 is 0 Å². The van der Waals surface area contributed by atoms with Gasteiger partial charge in [-0.3, -0.25) is 14.6 Å². The minimum Gasteiger partial charge on any atom is -0.326 e. The van der Waals surface area contributed by atoms with E-state index in [1.54, 1.807) is 6.20 Å². The summed E-state index contributed by atoms with van der Waals surface area (Å²) in [6.07, 6.45) is 5.64. The molecule has 1 aromatic carbocycles. The fraction of sp³-hybridized carbons (Fsp3) is 0.300. The maximum Gasteiger partial charge on any atom is 0.240 e. The standard InChI is InChI=1S/C20H20N4O2/c25-18-11-10-17(23-24-18)13-6-8-15(9-7-13)22-20(26)16-5-1-3-14-4-2-12-21-19(14)16/h2,4,6-9,12,16H,1,3,5,10-11H2,(H,22,26)(H,24,25)/t16-/m0/s1. The van der Waals surface area contributed by atoms with E-state index in [4.69, 9.17) is 0 Å². The number of rotatable bonds is 3. The summed E-state index contributed by atoms with van der Waals surface area (Å²) in [4.78, 5) is 28.3. The number of nitrogens with zero attached hydrogens (tertiary/aromatic N) is 2. The molecule has 0 bridgehead atoms. The smallest absolute Gasteiger partial charge is 0.240 e. The molecule has 0 unspecified atom stereocenters. The fourth-order valence-corrected chi connectivity index (χ4v) is 3.52. The zero-order valence-corrected chi connectivity index (χ0v) is 14.4. The Morgan fingerprint density at radius 3 is 2.73 bits per heavy atom. The van der Waals surface area contributed by atoms with Gasteiger partial charge < -0.3 is 5.32 Å². The molecule has 2 heterocycles. The predicted octanol–water partition coefficient (Wildman–Crippen LogP) is 2.75. The van der Waals surface area contributed by atoms with E-state index in [9.17, 15) is 9.59 Å². The second-order valence-electron chi connectivity index (χ2n) is 6.65. The first-order valence-corrected chi connectivity index (χ1v) is 8.91. The summed E-state index contributed by atoms with van der Waals surface area (Å²) in [6, 6.07) is 11.6. The molecule has 1 aromatic heterocycles. The molecule has 0 radical (unpaired) electrons. The van der Waals surface area contributed by atoms with Gasteiger partial charge in [0.25, 0.3) is 0 Å². The Labute approximate surface area is 151 Å². The van der Waals surface area contributed by atoms with Crippen molar-refractivity contribution >= 4 is 23.2 Å². The van der Waals surface area contributed by atoms with Crippen LogP contribution in [0.1, 0.15) is 48.4 Å². The third-order valence-corrected chi connectivity index (χ3v) is 4.90. The molecule has 1 aliphatic carbocycles. The van der Waals surface area contributed by atoms with Gasteiger partial charge in [-0.1, -0.05) is 18.2 Å². The molecule has 2 N–H and O–H groups in total. The first-order valence-electron chi connectivity index (χ1n) is 8.91. The largest absolute Gasteiger partial charge is 0.326 e. The van der Waals surface area contributed by atoms with Crippen LogP contribution in [0, 0.1) is 0 Å². The zero-order valence-electron chi connectivity index (χ0n) is 14.4. The lowest BCUT2D eigenvalue weighted by molar-refractivity contribution is -0.121. The molecule has 6 heteroatoms. The second-order valence-corrected chi connectivity index (χ2v) is 6.65. The summed E-state index contributed by atoms with van der Waals surface area (Å²) >= 11 is 0. The number of amides is 2. The van der Waals surface area contributed by atoms with Crippen LogP contribution >= 0.6 is 0 Å². The van der Waals surface area contributed by atoms with Crippen LogP contribution < -0.4 is 10.7 Å². The molecule has 6 nitrogen and oxygen atoms in total. The monoisotopic (exact) mass is 348 g/mol. The van der Waals surface area contributed by atoms with E-state index in [0.717, 1.165) is 41.9 Å². The zero-order chi connectivity index (χ0) is 17.9. The molecular weight excluding hydrogens is 328 g/mol. The number of nitrogens with one attached hydrogen (secondary N) is 2. The van der Waals surface area contributed by atoms with Gasteiger partial charge in [0.1, 0.15) is 0 Å². The molecule has 0 spiro atoms. The van der Waals surface area contributed by atoms with Crippen molar-refractivity contribution in [1.82, 2.24) is 10.4 Å². The fourth-order valence-electron chi connectivity index (χ4n) is 3.52. The van der Waals surface area contributed by atoms with Gasteiger partial charge in [-0.15, -0.1) is 0 Å². The third-order valence-electron chi connectivity index (χ3n) is 4.90. The second kappa shape index (κ2) is 7.07. The van der Waals surface area contributed by atoms with Crippen molar-refractivity contribution in [2.24, 2.45) is 5.10 Å². The molecule has 2 aromatic rings. The quantitative estimate of drug-likeness (QED) is 0.895. The number of aromatic nitrogens is 1. The van der Waals surface area contributed by atoms with Gasteiger partial charge in [0.05, 0.1) is 17.3 Å². The van der Waals surface area contributed by atoms with Crippen molar-refractivity contribution in [2.45, 2.75) is 38.0 Å². The predicted molar refractivity (Wildman–Crippen MR) is 98.9 cm³/mol. The van der Waals surface area contributed by atoms with E-state index in [2.05, 4.69) is 26.9 Å². The number of aryl methyl sites for hydroxylation is 1. The van der Waals surface area contributed by atoms with Crippen LogP contribution in [0.3, 0.4) is 0 Å². The summed E-state index contributed by atoms with van der Waals surface area (Å²) in [6.45, 7) is 0. The molecule has 2 aliphatic rings. The lowest BCUT2D eigenvalue weighted by atomic mass is 9.86. The van der Waals surface area contributed by atoms with E-state index in [-0.39, 0.29) is 17.7 Å². The summed E-state index contributed by atoms with van der Waals surface area (Å²) in [7, 11) is 0. The average Bonchev–Trinajstić information content (AvgIpc) is 2.69. The Morgan fingerprint density at radius 2 is 1.96 bits per heavy atom. The summed E-state index contributed by atoms with van der Waals surface area (Å²) < 4.78 is 0. The van der Waals surface area contributed by atoms with Crippen molar-refractivity contribution in [1.29, 1.82) is 0 Å². The molecular formula is C20H20N4O2. The van der Waals surface area contributed by atoms with Crippen LogP contribution in [0.5, 0.6) is 0 Å². The highest BCUT2D eigenvalue weighted by atomic mass is 16.2. The van der Waals surface area contributed by atoms with Crippen LogP contribution in [-0.4, -0.2) is 22.5 Å². The lowest BCUT2D eigenvalue weighted by Gasteiger charge is -2.23. The van der Waals surface area contributed by atoms with E-state index < -0.39 is 0 Å².